The molecule has 6 nitrogen and oxygen atoms in total. The number of aromatic nitrogens is 1. The predicted octanol–water partition coefficient (Wildman–Crippen LogP) is 1.64. The monoisotopic (exact) mass is 313 g/mol. The molecule has 118 valence electrons. The first-order valence-corrected chi connectivity index (χ1v) is 8.03. The molecule has 0 aromatic carbocycles. The first-order chi connectivity index (χ1) is 9.89. The molecule has 1 aliphatic rings. The van der Waals surface area contributed by atoms with Gasteiger partial charge in [-0.1, -0.05) is 0 Å². The highest BCUT2D eigenvalue weighted by Gasteiger charge is 2.32. The second-order valence-corrected chi connectivity index (χ2v) is 6.78. The van der Waals surface area contributed by atoms with Crippen LogP contribution in [0, 0.1) is 0 Å². The number of ether oxygens (including phenoxy) is 1. The maximum atomic E-state index is 11.2. The Labute approximate surface area is 129 Å². The van der Waals surface area contributed by atoms with Crippen LogP contribution in [0.3, 0.4) is 0 Å². The zero-order valence-corrected chi connectivity index (χ0v) is 13.6. The highest BCUT2D eigenvalue weighted by Crippen LogP contribution is 2.27. The summed E-state index contributed by atoms with van der Waals surface area (Å²) >= 11 is 1.46. The minimum Gasteiger partial charge on any atom is -0.481 e. The van der Waals surface area contributed by atoms with E-state index in [0.717, 1.165) is 38.0 Å². The Balaban J connectivity index is 1.91. The number of nitrogens with one attached hydrogen (secondary N) is 1. The minimum absolute atomic E-state index is 0.259. The van der Waals surface area contributed by atoms with E-state index < -0.39 is 11.4 Å². The number of carbonyl (C=O) groups is 1. The van der Waals surface area contributed by atoms with E-state index in [2.05, 4.69) is 22.1 Å². The van der Waals surface area contributed by atoms with Crippen LogP contribution < -0.4 is 5.32 Å². The molecule has 2 N–H and O–H groups in total. The smallest absolute Gasteiger partial charge is 0.315 e. The summed E-state index contributed by atoms with van der Waals surface area (Å²) in [6.07, 6.45) is 0. The van der Waals surface area contributed by atoms with Crippen molar-refractivity contribution in [2.45, 2.75) is 32.2 Å². The molecule has 2 heterocycles. The standard InChI is InChI=1S/C14H23N3O3S/c1-10(8-17-4-6-20-7-5-17)15-13-16-11(9-21-13)14(2,3)12(18)19/h9-10H,4-8H2,1-3H3,(H,15,16)(H,18,19). The average Bonchev–Trinajstić information content (AvgIpc) is 2.88. The minimum atomic E-state index is -0.954. The van der Waals surface area contributed by atoms with Crippen molar-refractivity contribution < 1.29 is 14.6 Å². The number of carboxylic acids is 1. The van der Waals surface area contributed by atoms with Crippen molar-refractivity contribution in [1.82, 2.24) is 9.88 Å². The predicted molar refractivity (Wildman–Crippen MR) is 83.1 cm³/mol. The van der Waals surface area contributed by atoms with Gasteiger partial charge in [0, 0.05) is 31.1 Å². The van der Waals surface area contributed by atoms with E-state index in [1.165, 1.54) is 11.3 Å². The third-order valence-corrected chi connectivity index (χ3v) is 4.46. The van der Waals surface area contributed by atoms with E-state index in [4.69, 9.17) is 4.74 Å². The highest BCUT2D eigenvalue weighted by molar-refractivity contribution is 7.13. The van der Waals surface area contributed by atoms with Crippen molar-refractivity contribution in [3.63, 3.8) is 0 Å². The van der Waals surface area contributed by atoms with Gasteiger partial charge >= 0.3 is 5.97 Å². The Morgan fingerprint density at radius 1 is 1.57 bits per heavy atom. The fourth-order valence-corrected chi connectivity index (χ4v) is 3.15. The van der Waals surface area contributed by atoms with Crippen LogP contribution in [0.4, 0.5) is 5.13 Å². The Morgan fingerprint density at radius 2 is 2.24 bits per heavy atom. The lowest BCUT2D eigenvalue weighted by molar-refractivity contribution is -0.142. The van der Waals surface area contributed by atoms with Gasteiger partial charge in [0.05, 0.1) is 18.9 Å². The molecule has 0 amide bonds. The Hall–Kier alpha value is -1.18. The van der Waals surface area contributed by atoms with Gasteiger partial charge in [-0.25, -0.2) is 4.98 Å². The lowest BCUT2D eigenvalue weighted by Crippen LogP contribution is -2.42. The molecule has 21 heavy (non-hydrogen) atoms. The largest absolute Gasteiger partial charge is 0.481 e. The highest BCUT2D eigenvalue weighted by atomic mass is 32.1. The van der Waals surface area contributed by atoms with E-state index in [0.29, 0.717) is 5.69 Å². The SMILES string of the molecule is CC(CN1CCOCC1)Nc1nc(C(C)(C)C(=O)O)cs1. The van der Waals surface area contributed by atoms with Gasteiger partial charge in [0.1, 0.15) is 5.41 Å². The number of carboxylic acid groups (broad SMARTS) is 1. The third kappa shape index (κ3) is 4.15. The second-order valence-electron chi connectivity index (χ2n) is 5.93. The number of thiazole rings is 1. The summed E-state index contributed by atoms with van der Waals surface area (Å²) in [6.45, 7) is 9.89. The van der Waals surface area contributed by atoms with E-state index in [9.17, 15) is 9.90 Å². The number of rotatable bonds is 6. The van der Waals surface area contributed by atoms with Crippen LogP contribution in [0.15, 0.2) is 5.38 Å². The molecular weight excluding hydrogens is 290 g/mol. The molecule has 0 aliphatic carbocycles. The molecule has 1 saturated heterocycles. The van der Waals surface area contributed by atoms with Crippen LogP contribution in [-0.4, -0.2) is 59.8 Å². The van der Waals surface area contributed by atoms with E-state index in [1.54, 1.807) is 13.8 Å². The topological polar surface area (TPSA) is 74.7 Å². The van der Waals surface area contributed by atoms with Gasteiger partial charge in [-0.2, -0.15) is 0 Å². The van der Waals surface area contributed by atoms with Gasteiger partial charge in [0.15, 0.2) is 5.13 Å². The number of morpholine rings is 1. The molecule has 1 atom stereocenters. The molecule has 0 radical (unpaired) electrons. The lowest BCUT2D eigenvalue weighted by atomic mass is 9.90. The number of hydrogen-bond acceptors (Lipinski definition) is 6. The van der Waals surface area contributed by atoms with Gasteiger partial charge < -0.3 is 15.2 Å². The molecule has 1 unspecified atom stereocenters. The van der Waals surface area contributed by atoms with Crippen LogP contribution in [0.1, 0.15) is 26.5 Å². The van der Waals surface area contributed by atoms with Crippen LogP contribution in [0.25, 0.3) is 0 Å². The summed E-state index contributed by atoms with van der Waals surface area (Å²) in [7, 11) is 0. The van der Waals surface area contributed by atoms with Crippen molar-refractivity contribution >= 4 is 22.4 Å². The Kier molecular flexibility index (Phi) is 5.18. The van der Waals surface area contributed by atoms with Crippen molar-refractivity contribution in [3.8, 4) is 0 Å². The van der Waals surface area contributed by atoms with Crippen LogP contribution in [0.2, 0.25) is 0 Å². The fraction of sp³-hybridized carbons (Fsp3) is 0.714. The van der Waals surface area contributed by atoms with Crippen LogP contribution in [-0.2, 0) is 14.9 Å². The molecule has 0 bridgehead atoms. The maximum Gasteiger partial charge on any atom is 0.315 e. The molecule has 0 spiro atoms. The van der Waals surface area contributed by atoms with Gasteiger partial charge in [0.2, 0.25) is 0 Å². The Bertz CT molecular complexity index is 484. The van der Waals surface area contributed by atoms with Gasteiger partial charge in [-0.15, -0.1) is 11.3 Å². The average molecular weight is 313 g/mol. The van der Waals surface area contributed by atoms with Gasteiger partial charge in [-0.3, -0.25) is 9.69 Å². The number of anilines is 1. The molecule has 7 heteroatoms. The van der Waals surface area contributed by atoms with E-state index in [-0.39, 0.29) is 6.04 Å². The van der Waals surface area contributed by atoms with Crippen molar-refractivity contribution in [1.29, 1.82) is 0 Å². The summed E-state index contributed by atoms with van der Waals surface area (Å²) < 4.78 is 5.33. The summed E-state index contributed by atoms with van der Waals surface area (Å²) in [5.74, 6) is -0.860. The molecule has 0 saturated carbocycles. The van der Waals surface area contributed by atoms with Gasteiger partial charge in [0.25, 0.3) is 0 Å². The first-order valence-electron chi connectivity index (χ1n) is 7.15. The summed E-state index contributed by atoms with van der Waals surface area (Å²) in [5.41, 5.74) is -0.356. The summed E-state index contributed by atoms with van der Waals surface area (Å²) in [6, 6.07) is 0.259. The zero-order valence-electron chi connectivity index (χ0n) is 12.8. The van der Waals surface area contributed by atoms with E-state index >= 15 is 0 Å². The third-order valence-electron chi connectivity index (χ3n) is 3.68. The molecule has 1 aromatic rings. The molecule has 1 aromatic heterocycles. The normalized spacial score (nSPS) is 18.4. The lowest BCUT2D eigenvalue weighted by Gasteiger charge is -2.29. The van der Waals surface area contributed by atoms with E-state index in [1.807, 2.05) is 5.38 Å². The van der Waals surface area contributed by atoms with Crippen molar-refractivity contribution in [2.75, 3.05) is 38.2 Å². The number of nitrogens with zero attached hydrogens (tertiary/aromatic N) is 2. The molecule has 1 aliphatic heterocycles. The first kappa shape index (κ1) is 16.2. The van der Waals surface area contributed by atoms with Crippen LogP contribution in [0.5, 0.6) is 0 Å². The van der Waals surface area contributed by atoms with Gasteiger partial charge in [-0.05, 0) is 20.8 Å². The Morgan fingerprint density at radius 3 is 2.86 bits per heavy atom. The summed E-state index contributed by atoms with van der Waals surface area (Å²) in [4.78, 5) is 18.0. The van der Waals surface area contributed by atoms with Crippen LogP contribution >= 0.6 is 11.3 Å². The fourth-order valence-electron chi connectivity index (χ4n) is 2.16. The quantitative estimate of drug-likeness (QED) is 0.831. The van der Waals surface area contributed by atoms with Crippen molar-refractivity contribution in [3.05, 3.63) is 11.1 Å². The molecule has 1 fully saturated rings. The molecular formula is C14H23N3O3S. The number of hydrogen-bond donors (Lipinski definition) is 2. The van der Waals surface area contributed by atoms with Crippen molar-refractivity contribution in [2.24, 2.45) is 0 Å². The second kappa shape index (κ2) is 6.72. The summed E-state index contributed by atoms with van der Waals surface area (Å²) in [5, 5.41) is 15.2. The maximum absolute atomic E-state index is 11.2. The zero-order chi connectivity index (χ0) is 15.5. The number of aliphatic carboxylic acids is 1. The molecule has 2 rings (SSSR count).